The number of amides is 1. The lowest BCUT2D eigenvalue weighted by Crippen LogP contribution is -2.39. The SMILES string of the molecule is CC[C@H](O[C@H]1CCC[C@H](C)C1)C(=O)NCc1cscn1. The summed E-state index contributed by atoms with van der Waals surface area (Å²) in [7, 11) is 0. The Balaban J connectivity index is 1.79. The van der Waals surface area contributed by atoms with E-state index >= 15 is 0 Å². The van der Waals surface area contributed by atoms with E-state index in [1.54, 1.807) is 16.8 Å². The predicted molar refractivity (Wildman–Crippen MR) is 80.5 cm³/mol. The van der Waals surface area contributed by atoms with Crippen LogP contribution in [0.2, 0.25) is 0 Å². The van der Waals surface area contributed by atoms with Gasteiger partial charge in [-0.15, -0.1) is 11.3 Å². The average molecular weight is 296 g/mol. The Labute approximate surface area is 124 Å². The largest absolute Gasteiger partial charge is 0.365 e. The van der Waals surface area contributed by atoms with Crippen LogP contribution in [0.15, 0.2) is 10.9 Å². The minimum absolute atomic E-state index is 0.0151. The van der Waals surface area contributed by atoms with Gasteiger partial charge >= 0.3 is 0 Å². The molecule has 4 nitrogen and oxygen atoms in total. The van der Waals surface area contributed by atoms with Gasteiger partial charge in [-0.3, -0.25) is 4.79 Å². The molecule has 1 aromatic heterocycles. The van der Waals surface area contributed by atoms with Crippen LogP contribution in [0.1, 0.15) is 51.6 Å². The molecule has 3 atom stereocenters. The van der Waals surface area contributed by atoms with E-state index in [9.17, 15) is 4.79 Å². The number of aromatic nitrogens is 1. The lowest BCUT2D eigenvalue weighted by atomic mass is 9.88. The van der Waals surface area contributed by atoms with Gasteiger partial charge in [0.1, 0.15) is 6.10 Å². The number of hydrogen-bond donors (Lipinski definition) is 1. The van der Waals surface area contributed by atoms with Gasteiger partial charge in [0.2, 0.25) is 5.91 Å². The van der Waals surface area contributed by atoms with Gasteiger partial charge in [-0.25, -0.2) is 4.98 Å². The van der Waals surface area contributed by atoms with Crippen molar-refractivity contribution in [2.45, 2.75) is 64.7 Å². The molecule has 0 aliphatic heterocycles. The van der Waals surface area contributed by atoms with E-state index in [-0.39, 0.29) is 18.1 Å². The highest BCUT2D eigenvalue weighted by Crippen LogP contribution is 2.26. The zero-order chi connectivity index (χ0) is 14.4. The molecule has 112 valence electrons. The summed E-state index contributed by atoms with van der Waals surface area (Å²) in [4.78, 5) is 16.3. The monoisotopic (exact) mass is 296 g/mol. The summed E-state index contributed by atoms with van der Waals surface area (Å²) < 4.78 is 6.01. The molecule has 0 spiro atoms. The first-order chi connectivity index (χ1) is 9.69. The van der Waals surface area contributed by atoms with E-state index in [0.717, 1.165) is 18.5 Å². The smallest absolute Gasteiger partial charge is 0.249 e. The number of ether oxygens (including phenoxy) is 1. The van der Waals surface area contributed by atoms with E-state index in [2.05, 4.69) is 17.2 Å². The number of rotatable bonds is 6. The third-order valence-electron chi connectivity index (χ3n) is 3.84. The fraction of sp³-hybridized carbons (Fsp3) is 0.733. The maximum Gasteiger partial charge on any atom is 0.249 e. The Morgan fingerprint density at radius 1 is 1.60 bits per heavy atom. The minimum atomic E-state index is -0.330. The maximum atomic E-state index is 12.2. The fourth-order valence-corrected chi connectivity index (χ4v) is 3.25. The molecule has 1 N–H and O–H groups in total. The van der Waals surface area contributed by atoms with Crippen LogP contribution >= 0.6 is 11.3 Å². The van der Waals surface area contributed by atoms with Crippen LogP contribution in [0.3, 0.4) is 0 Å². The summed E-state index contributed by atoms with van der Waals surface area (Å²) in [6.45, 7) is 4.75. The molecule has 0 saturated heterocycles. The second kappa shape index (κ2) is 7.74. The van der Waals surface area contributed by atoms with Crippen molar-refractivity contribution in [3.63, 3.8) is 0 Å². The quantitative estimate of drug-likeness (QED) is 0.877. The van der Waals surface area contributed by atoms with Gasteiger partial charge in [-0.1, -0.05) is 26.7 Å². The van der Waals surface area contributed by atoms with Crippen molar-refractivity contribution < 1.29 is 9.53 Å². The first-order valence-corrected chi connectivity index (χ1v) is 8.43. The zero-order valence-electron chi connectivity index (χ0n) is 12.3. The number of thiazole rings is 1. The highest BCUT2D eigenvalue weighted by atomic mass is 32.1. The third-order valence-corrected chi connectivity index (χ3v) is 4.47. The van der Waals surface area contributed by atoms with E-state index in [1.165, 1.54) is 12.8 Å². The van der Waals surface area contributed by atoms with E-state index in [0.29, 0.717) is 18.9 Å². The molecular formula is C15H24N2O2S. The predicted octanol–water partition coefficient (Wildman–Crippen LogP) is 3.13. The second-order valence-corrected chi connectivity index (χ2v) is 6.34. The highest BCUT2D eigenvalue weighted by Gasteiger charge is 2.25. The average Bonchev–Trinajstić information content (AvgIpc) is 2.95. The molecule has 1 aliphatic rings. The van der Waals surface area contributed by atoms with Gasteiger partial charge in [0.25, 0.3) is 0 Å². The van der Waals surface area contributed by atoms with Crippen LogP contribution in [0.5, 0.6) is 0 Å². The van der Waals surface area contributed by atoms with E-state index in [1.807, 2.05) is 12.3 Å². The number of hydrogen-bond acceptors (Lipinski definition) is 4. The molecule has 1 fully saturated rings. The number of carbonyl (C=O) groups is 1. The molecule has 20 heavy (non-hydrogen) atoms. The Morgan fingerprint density at radius 3 is 3.10 bits per heavy atom. The van der Waals surface area contributed by atoms with Crippen molar-refractivity contribution >= 4 is 17.2 Å². The Bertz CT molecular complexity index is 408. The maximum absolute atomic E-state index is 12.2. The van der Waals surface area contributed by atoms with Gasteiger partial charge in [-0.2, -0.15) is 0 Å². The summed E-state index contributed by atoms with van der Waals surface area (Å²) in [6, 6.07) is 0. The standard InChI is InChI=1S/C15H24N2O2S/c1-3-14(19-13-6-4-5-11(2)7-13)15(18)16-8-12-9-20-10-17-12/h9-11,13-14H,3-8H2,1-2H3,(H,16,18)/t11-,13-,14-/m0/s1. The normalized spacial score (nSPS) is 24.3. The molecule has 0 aromatic carbocycles. The van der Waals surface area contributed by atoms with Crippen LogP contribution in [-0.2, 0) is 16.1 Å². The Morgan fingerprint density at radius 2 is 2.45 bits per heavy atom. The van der Waals surface area contributed by atoms with Crippen molar-refractivity contribution in [2.75, 3.05) is 0 Å². The van der Waals surface area contributed by atoms with Gasteiger partial charge < -0.3 is 10.1 Å². The first kappa shape index (κ1) is 15.4. The molecule has 1 amide bonds. The summed E-state index contributed by atoms with van der Waals surface area (Å²) in [5.41, 5.74) is 2.68. The van der Waals surface area contributed by atoms with Crippen LogP contribution in [-0.4, -0.2) is 23.1 Å². The Hall–Kier alpha value is -0.940. The molecule has 0 radical (unpaired) electrons. The summed E-state index contributed by atoms with van der Waals surface area (Å²) >= 11 is 1.54. The topological polar surface area (TPSA) is 51.2 Å². The molecule has 0 unspecified atom stereocenters. The molecule has 2 rings (SSSR count). The van der Waals surface area contributed by atoms with Crippen molar-refractivity contribution in [1.29, 1.82) is 0 Å². The molecule has 1 heterocycles. The van der Waals surface area contributed by atoms with Crippen LogP contribution < -0.4 is 5.32 Å². The highest BCUT2D eigenvalue weighted by molar-refractivity contribution is 7.07. The first-order valence-electron chi connectivity index (χ1n) is 7.49. The lowest BCUT2D eigenvalue weighted by molar-refractivity contribution is -0.139. The van der Waals surface area contributed by atoms with Crippen molar-refractivity contribution in [3.05, 3.63) is 16.6 Å². The van der Waals surface area contributed by atoms with Crippen LogP contribution in [0.25, 0.3) is 0 Å². The van der Waals surface area contributed by atoms with Gasteiger partial charge in [0.15, 0.2) is 0 Å². The fourth-order valence-electron chi connectivity index (χ4n) is 2.69. The Kier molecular flexibility index (Phi) is 5.98. The second-order valence-electron chi connectivity index (χ2n) is 5.62. The number of nitrogens with one attached hydrogen (secondary N) is 1. The minimum Gasteiger partial charge on any atom is -0.365 e. The van der Waals surface area contributed by atoms with Gasteiger partial charge in [-0.05, 0) is 25.2 Å². The molecule has 5 heteroatoms. The zero-order valence-corrected chi connectivity index (χ0v) is 13.1. The van der Waals surface area contributed by atoms with E-state index < -0.39 is 0 Å². The van der Waals surface area contributed by atoms with Crippen LogP contribution in [0.4, 0.5) is 0 Å². The third kappa shape index (κ3) is 4.56. The van der Waals surface area contributed by atoms with Crippen LogP contribution in [0, 0.1) is 5.92 Å². The van der Waals surface area contributed by atoms with Gasteiger partial charge in [0, 0.05) is 5.38 Å². The molecule has 1 aromatic rings. The molecular weight excluding hydrogens is 272 g/mol. The molecule has 0 bridgehead atoms. The summed E-state index contributed by atoms with van der Waals surface area (Å²) in [6.07, 6.45) is 5.29. The van der Waals surface area contributed by atoms with Crippen molar-refractivity contribution in [3.8, 4) is 0 Å². The molecule has 1 saturated carbocycles. The summed E-state index contributed by atoms with van der Waals surface area (Å²) in [5.74, 6) is 0.697. The van der Waals surface area contributed by atoms with Crippen molar-refractivity contribution in [1.82, 2.24) is 10.3 Å². The summed E-state index contributed by atoms with van der Waals surface area (Å²) in [5, 5.41) is 4.87. The number of nitrogens with zero attached hydrogens (tertiary/aromatic N) is 1. The van der Waals surface area contributed by atoms with Crippen molar-refractivity contribution in [2.24, 2.45) is 5.92 Å². The van der Waals surface area contributed by atoms with E-state index in [4.69, 9.17) is 4.74 Å². The number of carbonyl (C=O) groups excluding carboxylic acids is 1. The van der Waals surface area contributed by atoms with Gasteiger partial charge in [0.05, 0.1) is 23.9 Å². The molecule has 1 aliphatic carbocycles. The lowest BCUT2D eigenvalue weighted by Gasteiger charge is -2.29.